The Labute approximate surface area is 172 Å². The van der Waals surface area contributed by atoms with Crippen LogP contribution in [0.25, 0.3) is 11.0 Å². The van der Waals surface area contributed by atoms with Crippen LogP contribution in [-0.2, 0) is 11.2 Å². The van der Waals surface area contributed by atoms with Crippen molar-refractivity contribution in [2.45, 2.75) is 33.2 Å². The number of esters is 1. The Kier molecular flexibility index (Phi) is 3.99. The van der Waals surface area contributed by atoms with Gasteiger partial charge in [0.05, 0.1) is 5.69 Å². The molecular formula is C22H18ClN3O3. The first-order valence-electron chi connectivity index (χ1n) is 9.36. The van der Waals surface area contributed by atoms with Crippen molar-refractivity contribution in [3.63, 3.8) is 0 Å². The van der Waals surface area contributed by atoms with Crippen LogP contribution in [0.4, 0.5) is 5.69 Å². The maximum atomic E-state index is 12.0. The van der Waals surface area contributed by atoms with Crippen molar-refractivity contribution in [3.05, 3.63) is 57.8 Å². The van der Waals surface area contributed by atoms with Gasteiger partial charge in [0.25, 0.3) is 0 Å². The van der Waals surface area contributed by atoms with E-state index in [0.29, 0.717) is 28.7 Å². The summed E-state index contributed by atoms with van der Waals surface area (Å²) in [4.78, 5) is 12.0. The smallest absolute Gasteiger partial charge is 0.333 e. The van der Waals surface area contributed by atoms with E-state index in [1.165, 1.54) is 0 Å². The molecule has 0 aliphatic carbocycles. The van der Waals surface area contributed by atoms with Crippen LogP contribution in [0.2, 0.25) is 5.02 Å². The summed E-state index contributed by atoms with van der Waals surface area (Å²) in [5.41, 5.74) is 5.83. The lowest BCUT2D eigenvalue weighted by molar-refractivity contribution is -0.135. The Morgan fingerprint density at radius 1 is 1.17 bits per heavy atom. The number of aryl methyl sites for hydroxylation is 1. The van der Waals surface area contributed by atoms with Crippen molar-refractivity contribution < 1.29 is 13.9 Å². The van der Waals surface area contributed by atoms with Gasteiger partial charge in [-0.05, 0) is 56.7 Å². The summed E-state index contributed by atoms with van der Waals surface area (Å²) in [5.74, 6) is 0.882. The second-order valence-corrected chi connectivity index (χ2v) is 7.89. The normalized spacial score (nSPS) is 18.2. The van der Waals surface area contributed by atoms with E-state index in [9.17, 15) is 4.79 Å². The van der Waals surface area contributed by atoms with Crippen LogP contribution in [0.1, 0.15) is 36.3 Å². The minimum Gasteiger partial charge on any atom is -0.454 e. The summed E-state index contributed by atoms with van der Waals surface area (Å²) in [6, 6.07) is 8.98. The molecule has 2 aromatic carbocycles. The van der Waals surface area contributed by atoms with E-state index in [1.807, 2.05) is 38.1 Å². The molecule has 0 spiro atoms. The summed E-state index contributed by atoms with van der Waals surface area (Å²) in [5, 5.41) is 13.7. The average Bonchev–Trinajstić information content (AvgIpc) is 2.90. The number of benzene rings is 2. The van der Waals surface area contributed by atoms with Gasteiger partial charge in [0, 0.05) is 33.7 Å². The lowest BCUT2D eigenvalue weighted by Crippen LogP contribution is -2.34. The first-order valence-corrected chi connectivity index (χ1v) is 9.74. The van der Waals surface area contributed by atoms with E-state index in [1.54, 1.807) is 13.0 Å². The molecule has 0 amide bonds. The van der Waals surface area contributed by atoms with Crippen LogP contribution in [0, 0.1) is 6.92 Å². The Morgan fingerprint density at radius 2 is 2.00 bits per heavy atom. The molecule has 6 nitrogen and oxygen atoms in total. The number of nitrogens with one attached hydrogen (secondary N) is 1. The predicted molar refractivity (Wildman–Crippen MR) is 114 cm³/mol. The molecule has 0 saturated heterocycles. The van der Waals surface area contributed by atoms with Crippen molar-refractivity contribution >= 4 is 45.7 Å². The van der Waals surface area contributed by atoms with Gasteiger partial charge >= 0.3 is 5.97 Å². The van der Waals surface area contributed by atoms with Crippen LogP contribution in [-0.4, -0.2) is 23.4 Å². The van der Waals surface area contributed by atoms with Gasteiger partial charge in [-0.1, -0.05) is 11.6 Å². The summed E-state index contributed by atoms with van der Waals surface area (Å²) in [7, 11) is 0. The molecule has 0 radical (unpaired) electrons. The lowest BCUT2D eigenvalue weighted by atomic mass is 9.94. The number of ether oxygens (including phenoxy) is 1. The average molecular weight is 408 g/mol. The fourth-order valence-electron chi connectivity index (χ4n) is 3.76. The summed E-state index contributed by atoms with van der Waals surface area (Å²) >= 11 is 6.17. The van der Waals surface area contributed by atoms with Crippen LogP contribution >= 0.6 is 11.6 Å². The minimum atomic E-state index is -0.417. The summed E-state index contributed by atoms with van der Waals surface area (Å²) < 4.78 is 11.7. The first-order chi connectivity index (χ1) is 13.9. The SMILES string of the molecule is CC1=NN=C(c2oc3ccc(Cl)cc3c2C)c2cc3c(cc2C1)OC(=O)C(C)N3. The highest BCUT2D eigenvalue weighted by Gasteiger charge is 2.29. The van der Waals surface area contributed by atoms with Crippen molar-refractivity contribution in [2.75, 3.05) is 5.32 Å². The Morgan fingerprint density at radius 3 is 2.83 bits per heavy atom. The highest BCUT2D eigenvalue weighted by molar-refractivity contribution is 6.31. The quantitative estimate of drug-likeness (QED) is 0.460. The Bertz CT molecular complexity index is 1260. The van der Waals surface area contributed by atoms with E-state index in [4.69, 9.17) is 20.8 Å². The van der Waals surface area contributed by atoms with E-state index < -0.39 is 6.04 Å². The number of rotatable bonds is 1. The van der Waals surface area contributed by atoms with Crippen LogP contribution < -0.4 is 10.1 Å². The molecule has 1 aromatic heterocycles. The first kappa shape index (κ1) is 17.9. The standard InChI is InChI=1S/C22H18ClN3O3/c1-10-6-13-7-19-17(24-12(3)22(27)29-19)9-16(13)20(26-25-10)21-11(2)15-8-14(23)4-5-18(15)28-21/h4-5,7-9,12,24H,6H2,1-3H3. The monoisotopic (exact) mass is 407 g/mol. The fraction of sp³-hybridized carbons (Fsp3) is 0.227. The molecule has 0 saturated carbocycles. The molecule has 0 fully saturated rings. The van der Waals surface area contributed by atoms with Crippen molar-refractivity contribution in [3.8, 4) is 5.75 Å². The van der Waals surface area contributed by atoms with Gasteiger partial charge in [-0.2, -0.15) is 5.10 Å². The zero-order valence-electron chi connectivity index (χ0n) is 16.2. The van der Waals surface area contributed by atoms with Crippen LogP contribution in [0.3, 0.4) is 0 Å². The number of halogens is 1. The molecule has 2 aliphatic heterocycles. The molecule has 1 unspecified atom stereocenters. The molecule has 5 rings (SSSR count). The number of carbonyl (C=O) groups excluding carboxylic acids is 1. The largest absolute Gasteiger partial charge is 0.454 e. The van der Waals surface area contributed by atoms with E-state index in [0.717, 1.165) is 39.1 Å². The van der Waals surface area contributed by atoms with Crippen molar-refractivity contribution in [1.82, 2.24) is 0 Å². The third-order valence-corrected chi connectivity index (χ3v) is 5.51. The number of hydrogen-bond donors (Lipinski definition) is 1. The highest BCUT2D eigenvalue weighted by Crippen LogP contribution is 2.37. The number of carbonyl (C=O) groups is 1. The Balaban J connectivity index is 1.72. The van der Waals surface area contributed by atoms with Gasteiger partial charge < -0.3 is 14.5 Å². The molecular weight excluding hydrogens is 390 g/mol. The highest BCUT2D eigenvalue weighted by atomic mass is 35.5. The lowest BCUT2D eigenvalue weighted by Gasteiger charge is -2.24. The number of furan rings is 1. The second kappa shape index (κ2) is 6.46. The molecule has 7 heteroatoms. The molecule has 3 aromatic rings. The maximum Gasteiger partial charge on any atom is 0.333 e. The molecule has 0 bridgehead atoms. The van der Waals surface area contributed by atoms with E-state index >= 15 is 0 Å². The minimum absolute atomic E-state index is 0.296. The van der Waals surface area contributed by atoms with E-state index in [2.05, 4.69) is 15.5 Å². The third-order valence-electron chi connectivity index (χ3n) is 5.28. The molecule has 3 heterocycles. The van der Waals surface area contributed by atoms with Crippen LogP contribution in [0.15, 0.2) is 45.0 Å². The van der Waals surface area contributed by atoms with Gasteiger partial charge in [0.15, 0.2) is 11.5 Å². The fourth-order valence-corrected chi connectivity index (χ4v) is 3.93. The van der Waals surface area contributed by atoms with Crippen molar-refractivity contribution in [2.24, 2.45) is 10.2 Å². The molecule has 1 N–H and O–H groups in total. The molecule has 2 aliphatic rings. The summed E-state index contributed by atoms with van der Waals surface area (Å²) in [6.07, 6.45) is 0.605. The topological polar surface area (TPSA) is 76.2 Å². The van der Waals surface area contributed by atoms with Crippen molar-refractivity contribution in [1.29, 1.82) is 0 Å². The maximum absolute atomic E-state index is 12.0. The summed E-state index contributed by atoms with van der Waals surface area (Å²) in [6.45, 7) is 5.68. The number of nitrogens with zero attached hydrogens (tertiary/aromatic N) is 2. The van der Waals surface area contributed by atoms with Gasteiger partial charge in [0.1, 0.15) is 17.3 Å². The van der Waals surface area contributed by atoms with Gasteiger partial charge in [-0.25, -0.2) is 4.79 Å². The zero-order valence-corrected chi connectivity index (χ0v) is 16.9. The van der Waals surface area contributed by atoms with Gasteiger partial charge in [-0.15, -0.1) is 5.10 Å². The number of anilines is 1. The van der Waals surface area contributed by atoms with Crippen LogP contribution in [0.5, 0.6) is 5.75 Å². The number of hydrogen-bond acceptors (Lipinski definition) is 6. The Hall–Kier alpha value is -3.12. The molecule has 1 atom stereocenters. The number of fused-ring (bicyclic) bond motifs is 3. The molecule has 146 valence electrons. The predicted octanol–water partition coefficient (Wildman–Crippen LogP) is 4.88. The second-order valence-electron chi connectivity index (χ2n) is 7.45. The third kappa shape index (κ3) is 2.91. The zero-order chi connectivity index (χ0) is 20.3. The van der Waals surface area contributed by atoms with E-state index in [-0.39, 0.29) is 5.97 Å². The van der Waals surface area contributed by atoms with Gasteiger partial charge in [-0.3, -0.25) is 0 Å². The van der Waals surface area contributed by atoms with Gasteiger partial charge in [0.2, 0.25) is 0 Å². The molecule has 29 heavy (non-hydrogen) atoms.